The Labute approximate surface area is 114 Å². The van der Waals surface area contributed by atoms with E-state index >= 15 is 0 Å². The van der Waals surface area contributed by atoms with Crippen LogP contribution < -0.4 is 4.74 Å². The number of hydrogen-bond donors (Lipinski definition) is 1. The first-order chi connectivity index (χ1) is 8.67. The second kappa shape index (κ2) is 5.88. The van der Waals surface area contributed by atoms with Gasteiger partial charge in [0, 0.05) is 5.69 Å². The molecule has 0 amide bonds. The number of rotatable bonds is 5. The molecule has 0 aliphatic heterocycles. The second-order valence-corrected chi connectivity index (χ2v) is 8.20. The Morgan fingerprint density at radius 1 is 1.32 bits per heavy atom. The largest absolute Gasteiger partial charge is 0.491 e. The molecule has 1 aromatic heterocycles. The molecule has 0 fully saturated rings. The first kappa shape index (κ1) is 15.9. The van der Waals surface area contributed by atoms with Crippen LogP contribution in [-0.2, 0) is 16.4 Å². The molecule has 0 aliphatic rings. The molecule has 6 heteroatoms. The molecule has 0 aliphatic carbocycles. The molecule has 0 aromatic carbocycles. The van der Waals surface area contributed by atoms with Gasteiger partial charge in [0.05, 0.1) is 17.1 Å². The molecule has 0 saturated heterocycles. The Balaban J connectivity index is 2.69. The minimum absolute atomic E-state index is 0.0529. The minimum Gasteiger partial charge on any atom is -0.491 e. The number of aliphatic hydroxyl groups excluding tert-OH is 1. The number of pyridine rings is 1. The summed E-state index contributed by atoms with van der Waals surface area (Å²) in [4.78, 5) is 4.13. The van der Waals surface area contributed by atoms with Crippen molar-refractivity contribution in [2.75, 3.05) is 12.4 Å². The van der Waals surface area contributed by atoms with E-state index in [-0.39, 0.29) is 19.0 Å². The monoisotopic (exact) mass is 287 g/mol. The van der Waals surface area contributed by atoms with E-state index in [2.05, 4.69) is 4.98 Å². The van der Waals surface area contributed by atoms with Crippen LogP contribution >= 0.6 is 0 Å². The van der Waals surface area contributed by atoms with E-state index in [4.69, 9.17) is 4.74 Å². The van der Waals surface area contributed by atoms with Gasteiger partial charge in [-0.25, -0.2) is 8.42 Å². The van der Waals surface area contributed by atoms with Crippen LogP contribution in [0.4, 0.5) is 0 Å². The van der Waals surface area contributed by atoms with Gasteiger partial charge in [-0.15, -0.1) is 0 Å². The molecular weight excluding hydrogens is 266 g/mol. The van der Waals surface area contributed by atoms with Gasteiger partial charge in [-0.2, -0.15) is 0 Å². The Hall–Kier alpha value is -1.14. The summed E-state index contributed by atoms with van der Waals surface area (Å²) in [5.41, 5.74) is 1.20. The van der Waals surface area contributed by atoms with Crippen LogP contribution in [0, 0.1) is 6.92 Å². The zero-order valence-electron chi connectivity index (χ0n) is 11.8. The summed E-state index contributed by atoms with van der Waals surface area (Å²) >= 11 is 0. The van der Waals surface area contributed by atoms with Crippen LogP contribution in [0.15, 0.2) is 12.1 Å². The van der Waals surface area contributed by atoms with Crippen molar-refractivity contribution in [1.29, 1.82) is 0 Å². The zero-order valence-corrected chi connectivity index (χ0v) is 12.6. The number of aryl methyl sites for hydroxylation is 1. The Bertz CT molecular complexity index is 532. The maximum atomic E-state index is 11.9. The Kier molecular flexibility index (Phi) is 4.92. The van der Waals surface area contributed by atoms with Crippen molar-refractivity contribution in [3.8, 4) is 5.75 Å². The van der Waals surface area contributed by atoms with E-state index in [9.17, 15) is 13.5 Å². The van der Waals surface area contributed by atoms with Crippen LogP contribution in [-0.4, -0.2) is 35.6 Å². The van der Waals surface area contributed by atoms with Gasteiger partial charge in [0.25, 0.3) is 0 Å². The average molecular weight is 287 g/mol. The minimum atomic E-state index is -3.20. The van der Waals surface area contributed by atoms with Crippen molar-refractivity contribution in [1.82, 2.24) is 4.98 Å². The van der Waals surface area contributed by atoms with E-state index in [0.29, 0.717) is 11.4 Å². The summed E-state index contributed by atoms with van der Waals surface area (Å²) in [5, 5.41) is 9.17. The van der Waals surface area contributed by atoms with Gasteiger partial charge in [-0.3, -0.25) is 4.98 Å². The topological polar surface area (TPSA) is 76.5 Å². The number of sulfone groups is 1. The lowest BCUT2D eigenvalue weighted by Crippen LogP contribution is -2.32. The molecule has 0 spiro atoms. The van der Waals surface area contributed by atoms with E-state index in [1.807, 2.05) is 6.92 Å². The van der Waals surface area contributed by atoms with Crippen molar-refractivity contribution in [2.45, 2.75) is 39.0 Å². The number of aliphatic hydroxyl groups is 1. The lowest BCUT2D eigenvalue weighted by Gasteiger charge is -2.19. The van der Waals surface area contributed by atoms with Gasteiger partial charge in [-0.1, -0.05) is 0 Å². The molecule has 0 atom stereocenters. The SMILES string of the molecule is Cc1ccc(OCCS(=O)(=O)C(C)(C)C)c(CO)n1. The van der Waals surface area contributed by atoms with Crippen LogP contribution in [0.1, 0.15) is 32.2 Å². The summed E-state index contributed by atoms with van der Waals surface area (Å²) in [6.45, 7) is 6.62. The van der Waals surface area contributed by atoms with Crippen molar-refractivity contribution in [3.05, 3.63) is 23.5 Å². The first-order valence-corrected chi connectivity index (χ1v) is 7.75. The summed E-state index contributed by atoms with van der Waals surface area (Å²) < 4.78 is 28.4. The number of hydrogen-bond acceptors (Lipinski definition) is 5. The zero-order chi connectivity index (χ0) is 14.7. The summed E-state index contributed by atoms with van der Waals surface area (Å²) in [6.07, 6.45) is 0. The smallest absolute Gasteiger partial charge is 0.158 e. The molecule has 19 heavy (non-hydrogen) atoms. The quantitative estimate of drug-likeness (QED) is 0.887. The van der Waals surface area contributed by atoms with Crippen molar-refractivity contribution in [2.24, 2.45) is 0 Å². The number of nitrogens with zero attached hydrogens (tertiary/aromatic N) is 1. The van der Waals surface area contributed by atoms with Gasteiger partial charge in [-0.05, 0) is 39.8 Å². The maximum absolute atomic E-state index is 11.9. The van der Waals surface area contributed by atoms with E-state index in [1.54, 1.807) is 32.9 Å². The second-order valence-electron chi connectivity index (χ2n) is 5.34. The predicted molar refractivity (Wildman–Crippen MR) is 73.9 cm³/mol. The van der Waals surface area contributed by atoms with Gasteiger partial charge in [0.1, 0.15) is 18.1 Å². The summed E-state index contributed by atoms with van der Waals surface area (Å²) in [7, 11) is -3.20. The van der Waals surface area contributed by atoms with Crippen LogP contribution in [0.25, 0.3) is 0 Å². The molecule has 5 nitrogen and oxygen atoms in total. The number of aromatic nitrogens is 1. The van der Waals surface area contributed by atoms with Crippen molar-refractivity contribution < 1.29 is 18.3 Å². The van der Waals surface area contributed by atoms with Gasteiger partial charge >= 0.3 is 0 Å². The van der Waals surface area contributed by atoms with E-state index < -0.39 is 14.6 Å². The van der Waals surface area contributed by atoms with E-state index in [1.165, 1.54) is 0 Å². The van der Waals surface area contributed by atoms with Gasteiger partial charge < -0.3 is 9.84 Å². The highest BCUT2D eigenvalue weighted by Crippen LogP contribution is 2.19. The Morgan fingerprint density at radius 3 is 2.47 bits per heavy atom. The third kappa shape index (κ3) is 4.18. The fraction of sp³-hybridized carbons (Fsp3) is 0.615. The third-order valence-corrected chi connectivity index (χ3v) is 5.33. The van der Waals surface area contributed by atoms with Crippen LogP contribution in [0.2, 0.25) is 0 Å². The highest BCUT2D eigenvalue weighted by atomic mass is 32.2. The highest BCUT2D eigenvalue weighted by Gasteiger charge is 2.28. The van der Waals surface area contributed by atoms with Gasteiger partial charge in [0.15, 0.2) is 9.84 Å². The van der Waals surface area contributed by atoms with Crippen LogP contribution in [0.5, 0.6) is 5.75 Å². The maximum Gasteiger partial charge on any atom is 0.158 e. The Morgan fingerprint density at radius 2 is 1.95 bits per heavy atom. The number of ether oxygens (including phenoxy) is 1. The van der Waals surface area contributed by atoms with Crippen LogP contribution in [0.3, 0.4) is 0 Å². The fourth-order valence-corrected chi connectivity index (χ4v) is 2.33. The predicted octanol–water partition coefficient (Wildman–Crippen LogP) is 1.47. The summed E-state index contributed by atoms with van der Waals surface area (Å²) in [5.74, 6) is 0.368. The molecule has 0 bridgehead atoms. The molecular formula is C13H21NO4S. The normalized spacial score (nSPS) is 12.5. The molecule has 0 unspecified atom stereocenters. The molecule has 1 N–H and O–H groups in total. The highest BCUT2D eigenvalue weighted by molar-refractivity contribution is 7.92. The molecule has 1 rings (SSSR count). The molecule has 1 heterocycles. The molecule has 108 valence electrons. The van der Waals surface area contributed by atoms with Crippen molar-refractivity contribution in [3.63, 3.8) is 0 Å². The molecule has 1 aromatic rings. The molecule has 0 saturated carbocycles. The fourth-order valence-electron chi connectivity index (χ4n) is 1.41. The third-order valence-electron chi connectivity index (χ3n) is 2.76. The lowest BCUT2D eigenvalue weighted by atomic mass is 10.3. The standard InChI is InChI=1S/C13H21NO4S/c1-10-5-6-12(11(9-15)14-10)18-7-8-19(16,17)13(2,3)4/h5-6,15H,7-9H2,1-4H3. The summed E-state index contributed by atoms with van der Waals surface area (Å²) in [6, 6.07) is 3.45. The average Bonchev–Trinajstić information content (AvgIpc) is 2.29. The molecule has 0 radical (unpaired) electrons. The first-order valence-electron chi connectivity index (χ1n) is 6.10. The lowest BCUT2D eigenvalue weighted by molar-refractivity contribution is 0.261. The van der Waals surface area contributed by atoms with Crippen molar-refractivity contribution >= 4 is 9.84 Å². The van der Waals surface area contributed by atoms with Gasteiger partial charge in [0.2, 0.25) is 0 Å². The van der Waals surface area contributed by atoms with E-state index in [0.717, 1.165) is 5.69 Å².